The number of pyridine rings is 1. The highest BCUT2D eigenvalue weighted by molar-refractivity contribution is 5.98. The van der Waals surface area contributed by atoms with Crippen LogP contribution in [0, 0.1) is 13.8 Å². The summed E-state index contributed by atoms with van der Waals surface area (Å²) in [5.74, 6) is 1.04. The number of carbonyl (C=O) groups excluding carboxylic acids is 2. The number of hydrogen-bond acceptors (Lipinski definition) is 6. The first-order valence-corrected chi connectivity index (χ1v) is 8.99. The summed E-state index contributed by atoms with van der Waals surface area (Å²) in [6.07, 6.45) is 0.892. The fourth-order valence-electron chi connectivity index (χ4n) is 3.24. The minimum absolute atomic E-state index is 0.0337. The molecule has 0 aromatic carbocycles. The number of amides is 2. The highest BCUT2D eigenvalue weighted by Crippen LogP contribution is 2.27. The number of rotatable bonds is 7. The average Bonchev–Trinajstić information content (AvgIpc) is 3.16. The Labute approximate surface area is 157 Å². The minimum atomic E-state index is -0.0981. The molecule has 1 aliphatic heterocycles. The molecule has 144 valence electrons. The standard InChI is InChI=1S/C19H24N4O4/c1-5-23-10-16-15(19(23)25)8-13(18(21-16)26-4)9-20-17(24)7-6-14-11(2)22-27-12(14)3/h8H,5-7,9-10H2,1-4H3,(H,20,24). The molecule has 2 aromatic heterocycles. The predicted molar refractivity (Wildman–Crippen MR) is 97.3 cm³/mol. The summed E-state index contributed by atoms with van der Waals surface area (Å²) in [6.45, 7) is 7.01. The van der Waals surface area contributed by atoms with E-state index in [1.165, 1.54) is 7.11 Å². The van der Waals surface area contributed by atoms with Gasteiger partial charge >= 0.3 is 0 Å². The van der Waals surface area contributed by atoms with Crippen LogP contribution in [0.1, 0.15) is 52.0 Å². The van der Waals surface area contributed by atoms with Gasteiger partial charge in [0.15, 0.2) is 0 Å². The molecule has 0 bridgehead atoms. The number of carbonyl (C=O) groups is 2. The second kappa shape index (κ2) is 7.77. The smallest absolute Gasteiger partial charge is 0.256 e. The van der Waals surface area contributed by atoms with Gasteiger partial charge in [0.25, 0.3) is 5.91 Å². The fourth-order valence-corrected chi connectivity index (χ4v) is 3.24. The van der Waals surface area contributed by atoms with Gasteiger partial charge in [0.05, 0.1) is 30.6 Å². The molecule has 0 atom stereocenters. The molecule has 1 N–H and O–H groups in total. The van der Waals surface area contributed by atoms with Gasteiger partial charge in [-0.1, -0.05) is 5.16 Å². The van der Waals surface area contributed by atoms with Crippen molar-refractivity contribution in [3.05, 3.63) is 39.9 Å². The quantitative estimate of drug-likeness (QED) is 0.797. The van der Waals surface area contributed by atoms with Gasteiger partial charge in [0.1, 0.15) is 5.76 Å². The lowest BCUT2D eigenvalue weighted by Gasteiger charge is -2.10. The summed E-state index contributed by atoms with van der Waals surface area (Å²) < 4.78 is 10.5. The highest BCUT2D eigenvalue weighted by Gasteiger charge is 2.29. The highest BCUT2D eigenvalue weighted by atomic mass is 16.5. The Morgan fingerprint density at radius 1 is 1.41 bits per heavy atom. The van der Waals surface area contributed by atoms with E-state index < -0.39 is 0 Å². The second-order valence-electron chi connectivity index (χ2n) is 6.55. The molecule has 2 aromatic rings. The molecule has 3 heterocycles. The number of fused-ring (bicyclic) bond motifs is 1. The van der Waals surface area contributed by atoms with Gasteiger partial charge in [-0.3, -0.25) is 9.59 Å². The van der Waals surface area contributed by atoms with Crippen LogP contribution in [-0.4, -0.2) is 40.5 Å². The number of methoxy groups -OCH3 is 1. The fraction of sp³-hybridized carbons (Fsp3) is 0.474. The number of aromatic nitrogens is 2. The summed E-state index contributed by atoms with van der Waals surface area (Å²) in [5, 5.41) is 6.77. The second-order valence-corrected chi connectivity index (χ2v) is 6.55. The molecule has 27 heavy (non-hydrogen) atoms. The zero-order valence-electron chi connectivity index (χ0n) is 16.1. The zero-order chi connectivity index (χ0) is 19.6. The van der Waals surface area contributed by atoms with Crippen molar-refractivity contribution >= 4 is 11.8 Å². The molecular formula is C19H24N4O4. The molecule has 0 radical (unpaired) electrons. The molecular weight excluding hydrogens is 348 g/mol. The first-order chi connectivity index (χ1) is 12.9. The average molecular weight is 372 g/mol. The van der Waals surface area contributed by atoms with E-state index in [2.05, 4.69) is 15.5 Å². The lowest BCUT2D eigenvalue weighted by molar-refractivity contribution is -0.121. The van der Waals surface area contributed by atoms with Crippen molar-refractivity contribution in [2.75, 3.05) is 13.7 Å². The van der Waals surface area contributed by atoms with Crippen molar-refractivity contribution in [2.45, 2.75) is 46.7 Å². The molecule has 0 unspecified atom stereocenters. The molecule has 1 aliphatic rings. The van der Waals surface area contributed by atoms with Crippen molar-refractivity contribution in [2.24, 2.45) is 0 Å². The number of nitrogens with one attached hydrogen (secondary N) is 1. The Morgan fingerprint density at radius 3 is 2.81 bits per heavy atom. The monoisotopic (exact) mass is 372 g/mol. The van der Waals surface area contributed by atoms with E-state index in [0.717, 1.165) is 17.0 Å². The topological polar surface area (TPSA) is 97.6 Å². The minimum Gasteiger partial charge on any atom is -0.481 e. The van der Waals surface area contributed by atoms with Crippen LogP contribution in [0.5, 0.6) is 5.88 Å². The molecule has 0 saturated carbocycles. The first kappa shape index (κ1) is 18.9. The summed E-state index contributed by atoms with van der Waals surface area (Å²) in [6, 6.07) is 1.77. The van der Waals surface area contributed by atoms with Gasteiger partial charge in [-0.15, -0.1) is 0 Å². The molecule has 2 amide bonds. The summed E-state index contributed by atoms with van der Waals surface area (Å²) >= 11 is 0. The van der Waals surface area contributed by atoms with Crippen LogP contribution in [-0.2, 0) is 24.3 Å². The van der Waals surface area contributed by atoms with Crippen LogP contribution >= 0.6 is 0 Å². The normalized spacial score (nSPS) is 13.0. The predicted octanol–water partition coefficient (Wildman–Crippen LogP) is 1.92. The van der Waals surface area contributed by atoms with Crippen LogP contribution < -0.4 is 10.1 Å². The Morgan fingerprint density at radius 2 is 2.19 bits per heavy atom. The number of ether oxygens (including phenoxy) is 1. The van der Waals surface area contributed by atoms with E-state index >= 15 is 0 Å². The Kier molecular flexibility index (Phi) is 5.43. The molecule has 0 spiro atoms. The Balaban J connectivity index is 1.65. The Bertz CT molecular complexity index is 855. The molecule has 0 fully saturated rings. The lowest BCUT2D eigenvalue weighted by Crippen LogP contribution is -2.24. The van der Waals surface area contributed by atoms with Crippen LogP contribution in [0.25, 0.3) is 0 Å². The summed E-state index contributed by atoms with van der Waals surface area (Å²) in [7, 11) is 1.53. The van der Waals surface area contributed by atoms with Gasteiger partial charge < -0.3 is 19.5 Å². The third-order valence-electron chi connectivity index (χ3n) is 4.83. The lowest BCUT2D eigenvalue weighted by atomic mass is 10.1. The zero-order valence-corrected chi connectivity index (χ0v) is 16.1. The van der Waals surface area contributed by atoms with Gasteiger partial charge in [-0.05, 0) is 33.3 Å². The number of aryl methyl sites for hydroxylation is 2. The van der Waals surface area contributed by atoms with Crippen molar-refractivity contribution in [1.29, 1.82) is 0 Å². The molecule has 8 heteroatoms. The first-order valence-electron chi connectivity index (χ1n) is 8.99. The van der Waals surface area contributed by atoms with Crippen LogP contribution in [0.4, 0.5) is 0 Å². The van der Waals surface area contributed by atoms with E-state index in [1.54, 1.807) is 11.0 Å². The van der Waals surface area contributed by atoms with Crippen molar-refractivity contribution < 1.29 is 18.8 Å². The molecule has 8 nitrogen and oxygen atoms in total. The van der Waals surface area contributed by atoms with Crippen LogP contribution in [0.3, 0.4) is 0 Å². The van der Waals surface area contributed by atoms with E-state index in [1.807, 2.05) is 20.8 Å². The molecule has 0 saturated heterocycles. The van der Waals surface area contributed by atoms with Crippen molar-refractivity contribution in [3.63, 3.8) is 0 Å². The largest absolute Gasteiger partial charge is 0.481 e. The third-order valence-corrected chi connectivity index (χ3v) is 4.83. The van der Waals surface area contributed by atoms with Crippen molar-refractivity contribution in [1.82, 2.24) is 20.4 Å². The van der Waals surface area contributed by atoms with Crippen molar-refractivity contribution in [3.8, 4) is 5.88 Å². The Hall–Kier alpha value is -2.90. The maximum absolute atomic E-state index is 12.4. The summed E-state index contributed by atoms with van der Waals surface area (Å²) in [5.41, 5.74) is 3.76. The molecule has 3 rings (SSSR count). The van der Waals surface area contributed by atoms with Crippen LogP contribution in [0.2, 0.25) is 0 Å². The van der Waals surface area contributed by atoms with E-state index in [4.69, 9.17) is 9.26 Å². The maximum atomic E-state index is 12.4. The summed E-state index contributed by atoms with van der Waals surface area (Å²) in [4.78, 5) is 30.8. The number of hydrogen-bond donors (Lipinski definition) is 1. The van der Waals surface area contributed by atoms with E-state index in [-0.39, 0.29) is 18.4 Å². The van der Waals surface area contributed by atoms with E-state index in [9.17, 15) is 9.59 Å². The van der Waals surface area contributed by atoms with Gasteiger partial charge in [-0.2, -0.15) is 0 Å². The van der Waals surface area contributed by atoms with Gasteiger partial charge in [0, 0.05) is 30.6 Å². The van der Waals surface area contributed by atoms with Gasteiger partial charge in [0.2, 0.25) is 11.8 Å². The van der Waals surface area contributed by atoms with E-state index in [0.29, 0.717) is 48.6 Å². The van der Waals surface area contributed by atoms with Gasteiger partial charge in [-0.25, -0.2) is 4.98 Å². The maximum Gasteiger partial charge on any atom is 0.256 e. The SMILES string of the molecule is CCN1Cc2nc(OC)c(CNC(=O)CCc3c(C)noc3C)cc2C1=O. The third kappa shape index (κ3) is 3.79. The number of nitrogens with zero attached hydrogens (tertiary/aromatic N) is 3. The molecule has 0 aliphatic carbocycles. The van der Waals surface area contributed by atoms with Crippen LogP contribution in [0.15, 0.2) is 10.6 Å².